The third-order valence-electron chi connectivity index (χ3n) is 7.77. The zero-order chi connectivity index (χ0) is 27.7. The summed E-state index contributed by atoms with van der Waals surface area (Å²) in [6, 6.07) is -0.414. The summed E-state index contributed by atoms with van der Waals surface area (Å²) >= 11 is 0. The molecule has 212 valence electrons. The molecule has 0 spiro atoms. The van der Waals surface area contributed by atoms with Crippen LogP contribution in [-0.2, 0) is 15.7 Å². The lowest BCUT2D eigenvalue weighted by molar-refractivity contribution is -0.139. The average molecular weight is 550 g/mol. The third-order valence-corrected chi connectivity index (χ3v) is 7.77. The summed E-state index contributed by atoms with van der Waals surface area (Å²) in [5.41, 5.74) is -1.56. The lowest BCUT2D eigenvalue weighted by atomic mass is 10.1. The van der Waals surface area contributed by atoms with E-state index in [1.165, 1.54) is 23.3 Å². The summed E-state index contributed by atoms with van der Waals surface area (Å²) < 4.78 is 46.4. The Bertz CT molecular complexity index is 1210. The van der Waals surface area contributed by atoms with Crippen LogP contribution in [0.25, 0.3) is 0 Å². The zero-order valence-corrected chi connectivity index (χ0v) is 22.2. The summed E-state index contributed by atoms with van der Waals surface area (Å²) in [6.07, 6.45) is 3.93. The molecule has 3 aliphatic rings. The van der Waals surface area contributed by atoms with Crippen LogP contribution in [0.15, 0.2) is 23.4 Å². The molecule has 2 aliphatic heterocycles. The summed E-state index contributed by atoms with van der Waals surface area (Å²) in [6.45, 7) is 5.95. The van der Waals surface area contributed by atoms with E-state index in [0.29, 0.717) is 44.3 Å². The molecular formula is C26H34F3N7O3. The van der Waals surface area contributed by atoms with E-state index in [1.807, 2.05) is 36.2 Å². The normalized spacial score (nSPS) is 23.9. The molecule has 0 radical (unpaired) electrons. The number of aromatic nitrogens is 4. The van der Waals surface area contributed by atoms with Crippen LogP contribution in [0.4, 0.5) is 24.8 Å². The Morgan fingerprint density at radius 1 is 1.10 bits per heavy atom. The third kappa shape index (κ3) is 6.02. The molecule has 2 saturated heterocycles. The van der Waals surface area contributed by atoms with Crippen molar-refractivity contribution >= 4 is 17.5 Å². The van der Waals surface area contributed by atoms with E-state index in [9.17, 15) is 22.8 Å². The minimum atomic E-state index is -4.80. The van der Waals surface area contributed by atoms with Gasteiger partial charge in [-0.3, -0.25) is 9.59 Å². The van der Waals surface area contributed by atoms with Crippen molar-refractivity contribution in [3.05, 3.63) is 40.1 Å². The van der Waals surface area contributed by atoms with E-state index in [1.54, 1.807) is 0 Å². The van der Waals surface area contributed by atoms with Crippen LogP contribution in [0.5, 0.6) is 0 Å². The molecule has 13 heteroatoms. The number of nitrogens with one attached hydrogen (secondary N) is 1. The number of amides is 1. The number of H-pyrrole nitrogens is 1. The highest BCUT2D eigenvalue weighted by molar-refractivity contribution is 5.77. The molecule has 3 fully saturated rings. The summed E-state index contributed by atoms with van der Waals surface area (Å²) in [7, 11) is 0. The topological polar surface area (TPSA) is 108 Å². The van der Waals surface area contributed by atoms with Crippen molar-refractivity contribution in [2.24, 2.45) is 0 Å². The van der Waals surface area contributed by atoms with Crippen molar-refractivity contribution in [2.75, 3.05) is 42.6 Å². The predicted octanol–water partition coefficient (Wildman–Crippen LogP) is 2.96. The number of hydrogen-bond donors (Lipinski definition) is 1. The Balaban J connectivity index is 1.12. The van der Waals surface area contributed by atoms with E-state index in [2.05, 4.69) is 20.0 Å². The van der Waals surface area contributed by atoms with Gasteiger partial charge in [-0.25, -0.2) is 15.1 Å². The number of carbonyl (C=O) groups excluding carboxylic acids is 1. The highest BCUT2D eigenvalue weighted by Crippen LogP contribution is 2.39. The number of nitrogens with zero attached hydrogens (tertiary/aromatic N) is 6. The van der Waals surface area contributed by atoms with Crippen LogP contribution in [0.3, 0.4) is 0 Å². The summed E-state index contributed by atoms with van der Waals surface area (Å²) in [4.78, 5) is 39.6. The highest BCUT2D eigenvalue weighted by Gasteiger charge is 2.41. The number of ether oxygens (including phenoxy) is 1. The quantitative estimate of drug-likeness (QED) is 0.501. The molecule has 1 saturated carbocycles. The van der Waals surface area contributed by atoms with Gasteiger partial charge >= 0.3 is 6.18 Å². The molecule has 39 heavy (non-hydrogen) atoms. The van der Waals surface area contributed by atoms with Gasteiger partial charge in [0.2, 0.25) is 11.9 Å². The van der Waals surface area contributed by atoms with Crippen molar-refractivity contribution in [2.45, 2.75) is 76.2 Å². The molecular weight excluding hydrogens is 515 g/mol. The fraction of sp³-hybridized carbons (Fsp3) is 0.654. The van der Waals surface area contributed by atoms with E-state index >= 15 is 0 Å². The number of anilines is 2. The van der Waals surface area contributed by atoms with Crippen LogP contribution < -0.4 is 15.4 Å². The fourth-order valence-corrected chi connectivity index (χ4v) is 5.81. The van der Waals surface area contributed by atoms with Gasteiger partial charge in [0, 0.05) is 44.1 Å². The predicted molar refractivity (Wildman–Crippen MR) is 138 cm³/mol. The van der Waals surface area contributed by atoms with Gasteiger partial charge in [-0.1, -0.05) is 0 Å². The SMILES string of the molecule is C[C@@H]1CN(c2ncc(C3CC3)cn2)C[C@H](C)N1C(=O)CCOC[C@@H]1CCCN1c1cn[nH]c(=O)c1C(F)(F)F. The summed E-state index contributed by atoms with van der Waals surface area (Å²) in [5, 5.41) is 5.45. The number of piperazine rings is 1. The van der Waals surface area contributed by atoms with Crippen molar-refractivity contribution in [3.63, 3.8) is 0 Å². The first-order chi connectivity index (χ1) is 18.6. The molecule has 0 unspecified atom stereocenters. The first-order valence-electron chi connectivity index (χ1n) is 13.5. The minimum Gasteiger partial charge on any atom is -0.379 e. The molecule has 5 rings (SSSR count). The minimum absolute atomic E-state index is 0.0268. The van der Waals surface area contributed by atoms with Gasteiger partial charge in [0.05, 0.1) is 37.6 Å². The summed E-state index contributed by atoms with van der Waals surface area (Å²) in [5.74, 6) is 1.25. The van der Waals surface area contributed by atoms with Crippen molar-refractivity contribution < 1.29 is 22.7 Å². The van der Waals surface area contributed by atoms with Gasteiger partial charge in [0.1, 0.15) is 5.56 Å². The second-order valence-electron chi connectivity index (χ2n) is 10.8. The largest absolute Gasteiger partial charge is 0.423 e. The maximum Gasteiger partial charge on any atom is 0.423 e. The van der Waals surface area contributed by atoms with Gasteiger partial charge in [0.25, 0.3) is 5.56 Å². The molecule has 2 aromatic heterocycles. The number of carbonyl (C=O) groups is 1. The van der Waals surface area contributed by atoms with Crippen LogP contribution >= 0.6 is 0 Å². The van der Waals surface area contributed by atoms with Crippen molar-refractivity contribution in [3.8, 4) is 0 Å². The van der Waals surface area contributed by atoms with Gasteiger partial charge in [-0.05, 0) is 51.0 Å². The van der Waals surface area contributed by atoms with E-state index < -0.39 is 17.3 Å². The Hall–Kier alpha value is -3.22. The van der Waals surface area contributed by atoms with Gasteiger partial charge in [0.15, 0.2) is 0 Å². The maximum atomic E-state index is 13.5. The standard InChI is InChI=1S/C26H34F3N7O3/c1-16-13-34(25-30-10-19(11-31-25)18-5-6-18)14-17(2)36(16)22(37)7-9-39-15-20-4-3-8-35(20)21-12-32-33-24(38)23(21)26(27,28)29/h10-12,16-18,20H,3-9,13-15H2,1-2H3,(H,33,38)/t16-,17+,20-/m0/s1. The lowest BCUT2D eigenvalue weighted by Crippen LogP contribution is -2.59. The average Bonchev–Trinajstić information content (AvgIpc) is 3.63. The van der Waals surface area contributed by atoms with Crippen molar-refractivity contribution in [1.82, 2.24) is 25.1 Å². The second-order valence-corrected chi connectivity index (χ2v) is 10.8. The molecule has 4 heterocycles. The van der Waals surface area contributed by atoms with Gasteiger partial charge < -0.3 is 19.4 Å². The van der Waals surface area contributed by atoms with Gasteiger partial charge in [-0.2, -0.15) is 18.3 Å². The van der Waals surface area contributed by atoms with Crippen LogP contribution in [0.1, 0.15) is 63.0 Å². The molecule has 1 amide bonds. The number of rotatable bonds is 8. The van der Waals surface area contributed by atoms with Crippen LogP contribution in [0.2, 0.25) is 0 Å². The number of halogens is 3. The lowest BCUT2D eigenvalue weighted by Gasteiger charge is -2.44. The highest BCUT2D eigenvalue weighted by atomic mass is 19.4. The molecule has 1 aliphatic carbocycles. The van der Waals surface area contributed by atoms with E-state index in [-0.39, 0.29) is 49.4 Å². The molecule has 10 nitrogen and oxygen atoms in total. The fourth-order valence-electron chi connectivity index (χ4n) is 5.81. The smallest absolute Gasteiger partial charge is 0.379 e. The zero-order valence-electron chi connectivity index (χ0n) is 22.2. The van der Waals surface area contributed by atoms with E-state index in [0.717, 1.165) is 6.20 Å². The van der Waals surface area contributed by atoms with Gasteiger partial charge in [-0.15, -0.1) is 0 Å². The van der Waals surface area contributed by atoms with Crippen LogP contribution in [-0.4, -0.2) is 81.9 Å². The molecule has 0 bridgehead atoms. The van der Waals surface area contributed by atoms with E-state index in [4.69, 9.17) is 4.74 Å². The monoisotopic (exact) mass is 549 g/mol. The molecule has 3 atom stereocenters. The molecule has 2 aromatic rings. The molecule has 0 aromatic carbocycles. The Morgan fingerprint density at radius 2 is 1.79 bits per heavy atom. The number of aromatic amines is 1. The Morgan fingerprint density at radius 3 is 2.44 bits per heavy atom. The first-order valence-corrected chi connectivity index (χ1v) is 13.5. The first kappa shape index (κ1) is 27.4. The Kier molecular flexibility index (Phi) is 7.79. The second kappa shape index (κ2) is 11.1. The molecule has 1 N–H and O–H groups in total. The number of hydrogen-bond acceptors (Lipinski definition) is 8. The Labute approximate surface area is 224 Å². The number of alkyl halides is 3. The van der Waals surface area contributed by atoms with Crippen molar-refractivity contribution in [1.29, 1.82) is 0 Å². The van der Waals surface area contributed by atoms with Crippen LogP contribution in [0, 0.1) is 0 Å². The maximum absolute atomic E-state index is 13.5.